The summed E-state index contributed by atoms with van der Waals surface area (Å²) >= 11 is 0. The quantitative estimate of drug-likeness (QED) is 0.592. The van der Waals surface area contributed by atoms with Gasteiger partial charge >= 0.3 is 0 Å². The average molecular weight is 431 g/mol. The molecule has 0 spiro atoms. The maximum Gasteiger partial charge on any atom is 0.242 e. The second-order valence-corrected chi connectivity index (χ2v) is 9.04. The van der Waals surface area contributed by atoms with E-state index in [2.05, 4.69) is 5.32 Å². The zero-order valence-corrected chi connectivity index (χ0v) is 17.6. The van der Waals surface area contributed by atoms with Gasteiger partial charge in [0.05, 0.1) is 10.5 Å². The summed E-state index contributed by atoms with van der Waals surface area (Å²) in [5.41, 5.74) is 0.881. The van der Waals surface area contributed by atoms with E-state index < -0.39 is 10.0 Å². The van der Waals surface area contributed by atoms with Crippen LogP contribution in [-0.4, -0.2) is 32.7 Å². The molecule has 0 atom stereocenters. The summed E-state index contributed by atoms with van der Waals surface area (Å²) in [4.78, 5) is 12.4. The Hall–Kier alpha value is -2.97. The van der Waals surface area contributed by atoms with Crippen LogP contribution in [0.4, 0.5) is 4.39 Å². The van der Waals surface area contributed by atoms with E-state index in [0.29, 0.717) is 29.1 Å². The average Bonchev–Trinajstić information content (AvgIpc) is 3.20. The summed E-state index contributed by atoms with van der Waals surface area (Å²) in [6.45, 7) is 0.0979. The third-order valence-electron chi connectivity index (χ3n) is 4.61. The van der Waals surface area contributed by atoms with Crippen molar-refractivity contribution in [1.29, 1.82) is 0 Å². The van der Waals surface area contributed by atoms with Gasteiger partial charge in [0, 0.05) is 33.5 Å². The first-order chi connectivity index (χ1) is 14.3. The Morgan fingerprint density at radius 2 is 1.73 bits per heavy atom. The van der Waals surface area contributed by atoms with Crippen LogP contribution in [-0.2, 0) is 27.8 Å². The van der Waals surface area contributed by atoms with Gasteiger partial charge in [-0.25, -0.2) is 17.1 Å². The van der Waals surface area contributed by atoms with Gasteiger partial charge in [-0.15, -0.1) is 0 Å². The lowest BCUT2D eigenvalue weighted by Crippen LogP contribution is -2.27. The molecule has 3 aromatic rings. The lowest BCUT2D eigenvalue weighted by Gasteiger charge is -2.15. The van der Waals surface area contributed by atoms with Gasteiger partial charge in [0.15, 0.2) is 0 Å². The van der Waals surface area contributed by atoms with Gasteiger partial charge in [0.1, 0.15) is 17.3 Å². The van der Waals surface area contributed by atoms with E-state index in [0.717, 1.165) is 4.31 Å². The van der Waals surface area contributed by atoms with E-state index >= 15 is 0 Å². The second kappa shape index (κ2) is 9.23. The van der Waals surface area contributed by atoms with Crippen molar-refractivity contribution in [2.45, 2.75) is 24.3 Å². The van der Waals surface area contributed by atoms with E-state index in [9.17, 15) is 17.6 Å². The van der Waals surface area contributed by atoms with Gasteiger partial charge in [-0.05, 0) is 35.9 Å². The molecule has 0 radical (unpaired) electrons. The molecule has 1 N–H and O–H groups in total. The molecule has 1 amide bonds. The number of furan rings is 1. The van der Waals surface area contributed by atoms with Crippen LogP contribution < -0.4 is 5.32 Å². The van der Waals surface area contributed by atoms with Crippen LogP contribution in [0.5, 0.6) is 0 Å². The minimum atomic E-state index is -3.60. The Kier molecular flexibility index (Phi) is 6.69. The number of hydrogen-bond donors (Lipinski definition) is 1. The molecular formula is C22H23FN2O4S. The summed E-state index contributed by atoms with van der Waals surface area (Å²) in [7, 11) is -0.678. The van der Waals surface area contributed by atoms with Gasteiger partial charge in [-0.1, -0.05) is 30.3 Å². The van der Waals surface area contributed by atoms with Gasteiger partial charge in [-0.2, -0.15) is 0 Å². The molecule has 1 aromatic heterocycles. The van der Waals surface area contributed by atoms with Crippen molar-refractivity contribution in [1.82, 2.24) is 9.62 Å². The molecular weight excluding hydrogens is 407 g/mol. The zero-order valence-electron chi connectivity index (χ0n) is 16.8. The molecule has 0 bridgehead atoms. The van der Waals surface area contributed by atoms with Gasteiger partial charge in [-0.3, -0.25) is 4.79 Å². The van der Waals surface area contributed by atoms with Crippen LogP contribution in [0.3, 0.4) is 0 Å². The summed E-state index contributed by atoms with van der Waals surface area (Å²) in [5, 5.41) is 2.74. The van der Waals surface area contributed by atoms with Crippen molar-refractivity contribution >= 4 is 15.9 Å². The molecule has 3 rings (SSSR count). The smallest absolute Gasteiger partial charge is 0.242 e. The Labute approximate surface area is 175 Å². The Morgan fingerprint density at radius 1 is 1.03 bits per heavy atom. The molecule has 158 valence electrons. The molecule has 0 saturated carbocycles. The van der Waals surface area contributed by atoms with Crippen LogP contribution in [0.15, 0.2) is 70.0 Å². The number of aryl methyl sites for hydroxylation is 1. The number of amides is 1. The molecule has 0 aliphatic heterocycles. The third-order valence-corrected chi connectivity index (χ3v) is 6.52. The maximum absolute atomic E-state index is 13.9. The van der Waals surface area contributed by atoms with E-state index in [-0.39, 0.29) is 29.6 Å². The van der Waals surface area contributed by atoms with Crippen LogP contribution in [0.25, 0.3) is 11.3 Å². The molecule has 8 heteroatoms. The summed E-state index contributed by atoms with van der Waals surface area (Å²) < 4.78 is 45.5. The SMILES string of the molecule is CN(C)S(=O)(=O)c1ccccc1CNC(=O)CCc1ccc(-c2ccccc2F)o1. The maximum atomic E-state index is 13.9. The second-order valence-electron chi connectivity index (χ2n) is 6.92. The normalized spacial score (nSPS) is 11.6. The highest BCUT2D eigenvalue weighted by atomic mass is 32.2. The van der Waals surface area contributed by atoms with E-state index in [1.54, 1.807) is 48.5 Å². The lowest BCUT2D eigenvalue weighted by atomic mass is 10.1. The van der Waals surface area contributed by atoms with Crippen LogP contribution >= 0.6 is 0 Å². The summed E-state index contributed by atoms with van der Waals surface area (Å²) in [6.07, 6.45) is 0.505. The van der Waals surface area contributed by atoms with Crippen molar-refractivity contribution in [2.75, 3.05) is 14.1 Å². The van der Waals surface area contributed by atoms with Crippen molar-refractivity contribution < 1.29 is 22.0 Å². The lowest BCUT2D eigenvalue weighted by molar-refractivity contribution is -0.121. The molecule has 30 heavy (non-hydrogen) atoms. The third kappa shape index (κ3) is 4.95. The Balaban J connectivity index is 1.59. The minimum Gasteiger partial charge on any atom is -0.461 e. The number of sulfonamides is 1. The predicted octanol–water partition coefficient (Wildman–Crippen LogP) is 3.59. The van der Waals surface area contributed by atoms with Crippen LogP contribution in [0.1, 0.15) is 17.7 Å². The monoisotopic (exact) mass is 430 g/mol. The number of carbonyl (C=O) groups is 1. The molecule has 6 nitrogen and oxygen atoms in total. The number of halogens is 1. The number of nitrogens with zero attached hydrogens (tertiary/aromatic N) is 1. The van der Waals surface area contributed by atoms with Crippen molar-refractivity contribution in [3.8, 4) is 11.3 Å². The van der Waals surface area contributed by atoms with E-state index in [1.807, 2.05) is 0 Å². The van der Waals surface area contributed by atoms with Crippen molar-refractivity contribution in [2.24, 2.45) is 0 Å². The fourth-order valence-corrected chi connectivity index (χ4v) is 4.05. The van der Waals surface area contributed by atoms with E-state index in [4.69, 9.17) is 4.42 Å². The van der Waals surface area contributed by atoms with Gasteiger partial charge < -0.3 is 9.73 Å². The fourth-order valence-electron chi connectivity index (χ4n) is 2.94. The highest BCUT2D eigenvalue weighted by Gasteiger charge is 2.20. The van der Waals surface area contributed by atoms with Crippen LogP contribution in [0, 0.1) is 5.82 Å². The van der Waals surface area contributed by atoms with E-state index in [1.165, 1.54) is 26.2 Å². The van der Waals surface area contributed by atoms with Gasteiger partial charge in [0.2, 0.25) is 15.9 Å². The predicted molar refractivity (Wildman–Crippen MR) is 112 cm³/mol. The largest absolute Gasteiger partial charge is 0.461 e. The van der Waals surface area contributed by atoms with Crippen molar-refractivity contribution in [3.63, 3.8) is 0 Å². The number of hydrogen-bond acceptors (Lipinski definition) is 4. The number of benzene rings is 2. The summed E-state index contributed by atoms with van der Waals surface area (Å²) in [5.74, 6) is 0.365. The first kappa shape index (κ1) is 21.7. The van der Waals surface area contributed by atoms with Gasteiger partial charge in [0.25, 0.3) is 0 Å². The number of carbonyl (C=O) groups excluding carboxylic acids is 1. The molecule has 0 aliphatic rings. The molecule has 1 heterocycles. The highest BCUT2D eigenvalue weighted by molar-refractivity contribution is 7.89. The summed E-state index contributed by atoms with van der Waals surface area (Å²) in [6, 6.07) is 16.3. The highest BCUT2D eigenvalue weighted by Crippen LogP contribution is 2.25. The topological polar surface area (TPSA) is 79.6 Å². The zero-order chi connectivity index (χ0) is 21.7. The first-order valence-corrected chi connectivity index (χ1v) is 10.8. The molecule has 0 fully saturated rings. The molecule has 0 unspecified atom stereocenters. The Morgan fingerprint density at radius 3 is 2.47 bits per heavy atom. The van der Waals surface area contributed by atoms with Crippen LogP contribution in [0.2, 0.25) is 0 Å². The van der Waals surface area contributed by atoms with Crippen molar-refractivity contribution in [3.05, 3.63) is 77.8 Å². The standard InChI is InChI=1S/C22H23FN2O4S/c1-25(2)30(27,28)21-10-6-3-7-16(21)15-24-22(26)14-12-17-11-13-20(29-17)18-8-4-5-9-19(18)23/h3-11,13H,12,14-15H2,1-2H3,(H,24,26). The molecule has 2 aromatic carbocycles. The fraction of sp³-hybridized carbons (Fsp3) is 0.227. The molecule has 0 aliphatic carbocycles. The Bertz CT molecular complexity index is 1140. The number of rotatable bonds is 8. The number of nitrogens with one attached hydrogen (secondary N) is 1. The molecule has 0 saturated heterocycles. The minimum absolute atomic E-state index is 0.0979. The first-order valence-electron chi connectivity index (χ1n) is 9.40.